The highest BCUT2D eigenvalue weighted by Crippen LogP contribution is 2.58. The third kappa shape index (κ3) is 3.96. The molecule has 3 fully saturated rings. The SMILES string of the molecule is COCc1nnc(C23CCC(CC(=O)COc4ccc(Cl)c(F)c4)(CC2)CC3O)o1. The van der Waals surface area contributed by atoms with Crippen molar-refractivity contribution in [2.45, 2.75) is 56.7 Å². The molecule has 0 aliphatic heterocycles. The number of ketones is 1. The number of carbonyl (C=O) groups is 1. The first kappa shape index (κ1) is 21.2. The van der Waals surface area contributed by atoms with Gasteiger partial charge in [0.25, 0.3) is 0 Å². The molecule has 3 aliphatic carbocycles. The summed E-state index contributed by atoms with van der Waals surface area (Å²) in [4.78, 5) is 12.6. The van der Waals surface area contributed by atoms with Crippen molar-refractivity contribution in [3.8, 4) is 5.75 Å². The number of rotatable bonds is 8. The van der Waals surface area contributed by atoms with Crippen molar-refractivity contribution in [1.29, 1.82) is 0 Å². The summed E-state index contributed by atoms with van der Waals surface area (Å²) in [7, 11) is 1.55. The van der Waals surface area contributed by atoms with Gasteiger partial charge in [-0.2, -0.15) is 0 Å². The van der Waals surface area contributed by atoms with Gasteiger partial charge in [-0.25, -0.2) is 4.39 Å². The van der Waals surface area contributed by atoms with E-state index in [1.165, 1.54) is 12.1 Å². The number of hydrogen-bond donors (Lipinski definition) is 1. The molecule has 1 unspecified atom stereocenters. The Morgan fingerprint density at radius 2 is 2.10 bits per heavy atom. The van der Waals surface area contributed by atoms with E-state index in [9.17, 15) is 14.3 Å². The van der Waals surface area contributed by atoms with E-state index in [1.54, 1.807) is 7.11 Å². The second kappa shape index (κ2) is 8.24. The van der Waals surface area contributed by atoms with Gasteiger partial charge in [0.1, 0.15) is 24.8 Å². The van der Waals surface area contributed by atoms with Crippen molar-refractivity contribution in [2.75, 3.05) is 13.7 Å². The number of benzene rings is 1. The van der Waals surface area contributed by atoms with Crippen LogP contribution in [0, 0.1) is 11.2 Å². The molecule has 30 heavy (non-hydrogen) atoms. The number of fused-ring (bicyclic) bond motifs is 3. The molecular weight excluding hydrogens is 415 g/mol. The van der Waals surface area contributed by atoms with Crippen molar-refractivity contribution >= 4 is 17.4 Å². The van der Waals surface area contributed by atoms with Gasteiger partial charge in [-0.05, 0) is 49.7 Å². The number of aliphatic hydroxyl groups is 1. The molecular formula is C21H24ClFN2O5. The quantitative estimate of drug-likeness (QED) is 0.672. The maximum absolute atomic E-state index is 13.5. The van der Waals surface area contributed by atoms with E-state index in [2.05, 4.69) is 10.2 Å². The van der Waals surface area contributed by atoms with Crippen LogP contribution < -0.4 is 4.74 Å². The maximum atomic E-state index is 13.5. The van der Waals surface area contributed by atoms with Gasteiger partial charge >= 0.3 is 0 Å². The van der Waals surface area contributed by atoms with Gasteiger partial charge in [-0.15, -0.1) is 10.2 Å². The second-order valence-corrected chi connectivity index (χ2v) is 8.80. The van der Waals surface area contributed by atoms with E-state index < -0.39 is 17.3 Å². The Bertz CT molecular complexity index is 926. The first-order valence-electron chi connectivity index (χ1n) is 9.95. The number of ether oxygens (including phenoxy) is 2. The highest BCUT2D eigenvalue weighted by Gasteiger charge is 2.57. The van der Waals surface area contributed by atoms with Gasteiger partial charge in [0, 0.05) is 19.6 Å². The third-order valence-corrected chi connectivity index (χ3v) is 6.80. The number of aliphatic hydroxyl groups excluding tert-OH is 1. The first-order valence-corrected chi connectivity index (χ1v) is 10.3. The van der Waals surface area contributed by atoms with Crippen LogP contribution in [0.15, 0.2) is 22.6 Å². The molecule has 0 spiro atoms. The molecule has 2 bridgehead atoms. The van der Waals surface area contributed by atoms with Crippen LogP contribution in [-0.2, 0) is 21.6 Å². The summed E-state index contributed by atoms with van der Waals surface area (Å²) < 4.78 is 29.7. The fourth-order valence-corrected chi connectivity index (χ4v) is 4.93. The Morgan fingerprint density at radius 1 is 1.33 bits per heavy atom. The monoisotopic (exact) mass is 438 g/mol. The van der Waals surface area contributed by atoms with Crippen LogP contribution in [0.5, 0.6) is 5.75 Å². The molecule has 0 amide bonds. The standard InChI is InChI=1S/C21H24ClFN2O5/c1-28-12-18-24-25-19(30-18)21-6-4-20(5-7-21,10-17(21)27)9-13(26)11-29-14-2-3-15(22)16(23)8-14/h2-3,8,17,27H,4-7,9-12H2,1H3. The van der Waals surface area contributed by atoms with Crippen LogP contribution in [0.4, 0.5) is 4.39 Å². The van der Waals surface area contributed by atoms with Gasteiger partial charge < -0.3 is 19.0 Å². The number of nitrogens with zero attached hydrogens (tertiary/aromatic N) is 2. The summed E-state index contributed by atoms with van der Waals surface area (Å²) in [5, 5.41) is 19.1. The molecule has 3 aliphatic rings. The number of carbonyl (C=O) groups excluding carboxylic acids is 1. The highest BCUT2D eigenvalue weighted by molar-refractivity contribution is 6.30. The van der Waals surface area contributed by atoms with E-state index in [1.807, 2.05) is 0 Å². The normalized spacial score (nSPS) is 27.9. The summed E-state index contributed by atoms with van der Waals surface area (Å²) in [5.74, 6) is 0.440. The minimum atomic E-state index is -0.657. The van der Waals surface area contributed by atoms with E-state index in [-0.39, 0.29) is 35.2 Å². The van der Waals surface area contributed by atoms with Gasteiger partial charge in [0.15, 0.2) is 5.78 Å². The van der Waals surface area contributed by atoms with Crippen molar-refractivity contribution in [2.24, 2.45) is 5.41 Å². The van der Waals surface area contributed by atoms with E-state index in [4.69, 9.17) is 25.5 Å². The molecule has 2 aromatic rings. The molecule has 0 radical (unpaired) electrons. The minimum Gasteiger partial charge on any atom is -0.486 e. The van der Waals surface area contributed by atoms with Crippen molar-refractivity contribution in [3.05, 3.63) is 40.8 Å². The lowest BCUT2D eigenvalue weighted by Crippen LogP contribution is -2.54. The first-order chi connectivity index (χ1) is 14.4. The summed E-state index contributed by atoms with van der Waals surface area (Å²) in [6.45, 7) is 0.0865. The number of Topliss-reactive ketones (excluding diaryl/α,β-unsaturated/α-hetero) is 1. The van der Waals surface area contributed by atoms with Crippen LogP contribution in [-0.4, -0.2) is 40.9 Å². The lowest BCUT2D eigenvalue weighted by Gasteiger charge is -2.54. The summed E-state index contributed by atoms with van der Waals surface area (Å²) in [6.07, 6.45) is 3.08. The zero-order valence-electron chi connectivity index (χ0n) is 16.7. The van der Waals surface area contributed by atoms with Crippen LogP contribution in [0.3, 0.4) is 0 Å². The molecule has 1 atom stereocenters. The van der Waals surface area contributed by atoms with Crippen LogP contribution in [0.1, 0.15) is 50.3 Å². The van der Waals surface area contributed by atoms with Crippen molar-refractivity contribution < 1.29 is 28.2 Å². The second-order valence-electron chi connectivity index (χ2n) is 8.39. The topological polar surface area (TPSA) is 94.7 Å². The molecule has 162 valence electrons. The van der Waals surface area contributed by atoms with Gasteiger partial charge in [-0.1, -0.05) is 11.6 Å². The average molecular weight is 439 g/mol. The molecule has 1 N–H and O–H groups in total. The molecule has 5 rings (SSSR count). The van der Waals surface area contributed by atoms with E-state index in [0.717, 1.165) is 18.9 Å². The Kier molecular flexibility index (Phi) is 5.83. The van der Waals surface area contributed by atoms with Gasteiger partial charge in [0.05, 0.1) is 16.5 Å². The summed E-state index contributed by atoms with van der Waals surface area (Å²) in [5.41, 5.74) is -0.816. The molecule has 1 aromatic heterocycles. The molecule has 3 saturated carbocycles. The van der Waals surface area contributed by atoms with Gasteiger partial charge in [-0.3, -0.25) is 4.79 Å². The summed E-state index contributed by atoms with van der Waals surface area (Å²) in [6, 6.07) is 4.08. The van der Waals surface area contributed by atoms with E-state index >= 15 is 0 Å². The molecule has 9 heteroatoms. The van der Waals surface area contributed by atoms with Crippen molar-refractivity contribution in [1.82, 2.24) is 10.2 Å². The van der Waals surface area contributed by atoms with Crippen LogP contribution in [0.2, 0.25) is 5.02 Å². The predicted octanol–water partition coefficient (Wildman–Crippen LogP) is 3.61. The Labute approximate surface area is 178 Å². The average Bonchev–Trinajstić information content (AvgIpc) is 3.19. The Hall–Kier alpha value is -2.03. The fourth-order valence-electron chi connectivity index (χ4n) is 4.81. The highest BCUT2D eigenvalue weighted by atomic mass is 35.5. The van der Waals surface area contributed by atoms with Crippen LogP contribution >= 0.6 is 11.6 Å². The molecule has 0 saturated heterocycles. The minimum absolute atomic E-state index is 0.00466. The fraction of sp³-hybridized carbons (Fsp3) is 0.571. The maximum Gasteiger partial charge on any atom is 0.242 e. The third-order valence-electron chi connectivity index (χ3n) is 6.49. The zero-order valence-corrected chi connectivity index (χ0v) is 17.5. The van der Waals surface area contributed by atoms with E-state index in [0.29, 0.717) is 37.5 Å². The number of hydrogen-bond acceptors (Lipinski definition) is 7. The predicted molar refractivity (Wildman–Crippen MR) is 105 cm³/mol. The molecule has 1 heterocycles. The Morgan fingerprint density at radius 3 is 2.77 bits per heavy atom. The molecule has 7 nitrogen and oxygen atoms in total. The lowest BCUT2D eigenvalue weighted by molar-refractivity contribution is -0.131. The van der Waals surface area contributed by atoms with Crippen molar-refractivity contribution in [3.63, 3.8) is 0 Å². The smallest absolute Gasteiger partial charge is 0.242 e. The van der Waals surface area contributed by atoms with Crippen LogP contribution in [0.25, 0.3) is 0 Å². The molecule has 1 aromatic carbocycles. The summed E-state index contributed by atoms with van der Waals surface area (Å²) >= 11 is 5.66. The Balaban J connectivity index is 1.37. The lowest BCUT2D eigenvalue weighted by atomic mass is 9.51. The number of halogens is 2. The van der Waals surface area contributed by atoms with Gasteiger partial charge in [0.2, 0.25) is 11.8 Å². The number of aromatic nitrogens is 2. The number of methoxy groups -OCH3 is 1. The largest absolute Gasteiger partial charge is 0.486 e. The zero-order chi connectivity index (χ0) is 21.4.